The minimum absolute atomic E-state index is 0.261. The molecule has 3 aliphatic rings. The van der Waals surface area contributed by atoms with Crippen molar-refractivity contribution >= 4 is 17.8 Å². The Hall–Kier alpha value is -2.47. The lowest BCUT2D eigenvalue weighted by Gasteiger charge is -2.28. The topological polar surface area (TPSA) is 62.1 Å². The van der Waals surface area contributed by atoms with Gasteiger partial charge >= 0.3 is 17.8 Å². The van der Waals surface area contributed by atoms with Crippen LogP contribution < -0.4 is 4.90 Å². The molecule has 0 radical (unpaired) electrons. The number of imide groups is 2. The molecule has 0 saturated carbocycles. The van der Waals surface area contributed by atoms with Crippen LogP contribution in [0.1, 0.15) is 43.2 Å². The number of urea groups is 1. The summed E-state index contributed by atoms with van der Waals surface area (Å²) in [5.41, 5.74) is 3.88. The summed E-state index contributed by atoms with van der Waals surface area (Å²) >= 11 is 0. The Kier molecular flexibility index (Phi) is 5.07. The maximum Gasteiger partial charge on any atom is 0.338 e. The minimum Gasteiger partial charge on any atom is -0.313 e. The van der Waals surface area contributed by atoms with Gasteiger partial charge in [-0.1, -0.05) is 35.9 Å². The van der Waals surface area contributed by atoms with Gasteiger partial charge in [0.25, 0.3) is 0 Å². The average molecular weight is 368 g/mol. The number of hydrogen-bond donors (Lipinski definition) is 1. The van der Waals surface area contributed by atoms with Crippen LogP contribution in [0, 0.1) is 0 Å². The van der Waals surface area contributed by atoms with Gasteiger partial charge in [0.1, 0.15) is 6.54 Å². The summed E-state index contributed by atoms with van der Waals surface area (Å²) in [5, 5.41) is 0. The summed E-state index contributed by atoms with van der Waals surface area (Å²) in [6, 6.07) is 7.82. The first kappa shape index (κ1) is 17.9. The molecule has 1 aromatic carbocycles. The van der Waals surface area contributed by atoms with Crippen LogP contribution in [0.2, 0.25) is 0 Å². The van der Waals surface area contributed by atoms with Gasteiger partial charge in [0.2, 0.25) is 0 Å². The van der Waals surface area contributed by atoms with Crippen molar-refractivity contribution in [2.75, 3.05) is 19.8 Å². The summed E-state index contributed by atoms with van der Waals surface area (Å²) in [7, 11) is 0. The number of hydrogen-bond acceptors (Lipinski definition) is 3. The molecule has 142 valence electrons. The fourth-order valence-corrected chi connectivity index (χ4v) is 4.28. The number of carbonyl (C=O) groups excluding carboxylic acids is 3. The number of quaternary nitrogens is 1. The molecule has 2 heterocycles. The third-order valence-electron chi connectivity index (χ3n) is 5.87. The molecule has 4 rings (SSSR count). The van der Waals surface area contributed by atoms with E-state index in [0.717, 1.165) is 47.1 Å². The predicted molar refractivity (Wildman–Crippen MR) is 99.7 cm³/mol. The number of carbonyl (C=O) groups is 3. The molecule has 2 aliphatic heterocycles. The standard InChI is InChI=1S/C21H25N3O3/c25-19-20(26)24(15-22-12-11-17-8-4-5-9-18(17)14-22)21(27)23(19)13-10-16-6-2-1-3-7-16/h4-6,8-9H,1-3,7,10-15H2/p+1. The quantitative estimate of drug-likeness (QED) is 0.484. The van der Waals surface area contributed by atoms with Crippen LogP contribution in [0.15, 0.2) is 35.9 Å². The fourth-order valence-electron chi connectivity index (χ4n) is 4.28. The highest BCUT2D eigenvalue weighted by Crippen LogP contribution is 2.21. The van der Waals surface area contributed by atoms with E-state index in [4.69, 9.17) is 0 Å². The van der Waals surface area contributed by atoms with Crippen LogP contribution in [0.3, 0.4) is 0 Å². The monoisotopic (exact) mass is 368 g/mol. The van der Waals surface area contributed by atoms with Crippen LogP contribution >= 0.6 is 0 Å². The summed E-state index contributed by atoms with van der Waals surface area (Å²) in [6.07, 6.45) is 8.30. The maximum atomic E-state index is 12.7. The molecule has 1 atom stereocenters. The van der Waals surface area contributed by atoms with E-state index in [9.17, 15) is 14.4 Å². The number of rotatable bonds is 5. The highest BCUT2D eigenvalue weighted by Gasteiger charge is 2.46. The van der Waals surface area contributed by atoms with Crippen molar-refractivity contribution in [3.63, 3.8) is 0 Å². The summed E-state index contributed by atoms with van der Waals surface area (Å²) < 4.78 is 0. The van der Waals surface area contributed by atoms with E-state index in [1.807, 2.05) is 12.1 Å². The third-order valence-corrected chi connectivity index (χ3v) is 5.87. The first-order valence-electron chi connectivity index (χ1n) is 9.89. The molecule has 0 spiro atoms. The Bertz CT molecular complexity index is 802. The zero-order chi connectivity index (χ0) is 18.8. The SMILES string of the molecule is O=C1C(=O)N(C[NH+]2CCc3ccccc3C2)C(=O)N1CCC1=CCCCC1. The number of nitrogens with zero attached hydrogens (tertiary/aromatic N) is 2. The van der Waals surface area contributed by atoms with Gasteiger partial charge in [-0.15, -0.1) is 0 Å². The number of benzene rings is 1. The van der Waals surface area contributed by atoms with Gasteiger partial charge < -0.3 is 4.90 Å². The lowest BCUT2D eigenvalue weighted by Crippen LogP contribution is -3.13. The van der Waals surface area contributed by atoms with Crippen LogP contribution in [0.5, 0.6) is 0 Å². The second-order valence-corrected chi connectivity index (χ2v) is 7.68. The van der Waals surface area contributed by atoms with Gasteiger partial charge in [0, 0.05) is 18.5 Å². The number of allylic oxidation sites excluding steroid dienone is 1. The number of amides is 4. The fraction of sp³-hybridized carbons (Fsp3) is 0.476. The molecule has 1 unspecified atom stereocenters. The van der Waals surface area contributed by atoms with Crippen LogP contribution in [-0.2, 0) is 22.6 Å². The Morgan fingerprint density at radius 1 is 0.926 bits per heavy atom. The zero-order valence-electron chi connectivity index (χ0n) is 15.6. The molecule has 6 nitrogen and oxygen atoms in total. The maximum absolute atomic E-state index is 12.7. The number of nitrogens with one attached hydrogen (secondary N) is 1. The van der Waals surface area contributed by atoms with Gasteiger partial charge in [-0.3, -0.25) is 14.5 Å². The summed E-state index contributed by atoms with van der Waals surface area (Å²) in [4.78, 5) is 40.8. The van der Waals surface area contributed by atoms with E-state index in [1.165, 1.54) is 29.5 Å². The molecule has 1 fully saturated rings. The molecule has 1 aliphatic carbocycles. The first-order valence-corrected chi connectivity index (χ1v) is 9.89. The number of fused-ring (bicyclic) bond motifs is 1. The lowest BCUT2D eigenvalue weighted by atomic mass is 9.97. The molecule has 6 heteroatoms. The zero-order valence-corrected chi connectivity index (χ0v) is 15.6. The largest absolute Gasteiger partial charge is 0.338 e. The Labute approximate surface area is 159 Å². The van der Waals surface area contributed by atoms with Crippen molar-refractivity contribution in [2.24, 2.45) is 0 Å². The van der Waals surface area contributed by atoms with E-state index >= 15 is 0 Å². The molecule has 4 amide bonds. The normalized spacial score (nSPS) is 22.9. The van der Waals surface area contributed by atoms with Gasteiger partial charge in [-0.05, 0) is 37.7 Å². The van der Waals surface area contributed by atoms with Crippen molar-refractivity contribution in [3.8, 4) is 0 Å². The summed E-state index contributed by atoms with van der Waals surface area (Å²) in [5.74, 6) is -1.35. The minimum atomic E-state index is -0.677. The first-order chi connectivity index (χ1) is 13.1. The smallest absolute Gasteiger partial charge is 0.313 e. The van der Waals surface area contributed by atoms with Gasteiger partial charge in [0.15, 0.2) is 6.67 Å². The van der Waals surface area contributed by atoms with E-state index in [1.54, 1.807) is 0 Å². The molecule has 1 N–H and O–H groups in total. The Morgan fingerprint density at radius 3 is 2.48 bits per heavy atom. The van der Waals surface area contributed by atoms with Crippen molar-refractivity contribution in [1.82, 2.24) is 9.80 Å². The second-order valence-electron chi connectivity index (χ2n) is 7.68. The molecular weight excluding hydrogens is 342 g/mol. The summed E-state index contributed by atoms with van der Waals surface area (Å²) in [6.45, 7) is 2.20. The Balaban J connectivity index is 1.39. The van der Waals surface area contributed by atoms with Gasteiger partial charge in [-0.2, -0.15) is 0 Å². The van der Waals surface area contributed by atoms with Crippen molar-refractivity contribution in [3.05, 3.63) is 47.0 Å². The van der Waals surface area contributed by atoms with E-state index in [2.05, 4.69) is 18.2 Å². The third kappa shape index (κ3) is 3.67. The average Bonchev–Trinajstić information content (AvgIpc) is 2.90. The van der Waals surface area contributed by atoms with Crippen LogP contribution in [0.4, 0.5) is 4.79 Å². The van der Waals surface area contributed by atoms with Crippen molar-refractivity contribution in [1.29, 1.82) is 0 Å². The van der Waals surface area contributed by atoms with E-state index in [0.29, 0.717) is 13.0 Å². The van der Waals surface area contributed by atoms with Crippen LogP contribution in [0.25, 0.3) is 0 Å². The molecule has 1 aromatic rings. The van der Waals surface area contributed by atoms with E-state index in [-0.39, 0.29) is 6.67 Å². The highest BCUT2D eigenvalue weighted by atomic mass is 16.2. The van der Waals surface area contributed by atoms with E-state index < -0.39 is 17.8 Å². The van der Waals surface area contributed by atoms with Crippen molar-refractivity contribution < 1.29 is 19.3 Å². The van der Waals surface area contributed by atoms with Gasteiger partial charge in [0.05, 0.1) is 6.54 Å². The van der Waals surface area contributed by atoms with Crippen LogP contribution in [-0.4, -0.2) is 47.4 Å². The molecule has 27 heavy (non-hydrogen) atoms. The highest BCUT2D eigenvalue weighted by molar-refractivity contribution is 6.44. The predicted octanol–water partition coefficient (Wildman–Crippen LogP) is 1.27. The molecule has 0 bridgehead atoms. The molecule has 1 saturated heterocycles. The molecule has 0 aromatic heterocycles. The van der Waals surface area contributed by atoms with Crippen molar-refractivity contribution in [2.45, 2.75) is 45.1 Å². The molecular formula is C21H26N3O3+. The van der Waals surface area contributed by atoms with Gasteiger partial charge in [-0.25, -0.2) is 9.69 Å². The lowest BCUT2D eigenvalue weighted by molar-refractivity contribution is -0.923. The Morgan fingerprint density at radius 2 is 1.70 bits per heavy atom. The second kappa shape index (κ2) is 7.64.